The summed E-state index contributed by atoms with van der Waals surface area (Å²) in [4.78, 5) is -0.629. The molecule has 0 aliphatic heterocycles. The topological polar surface area (TPSA) is 60.2 Å². The van der Waals surface area contributed by atoms with Gasteiger partial charge in [0.2, 0.25) is 0 Å². The maximum atomic E-state index is 13.5. The second-order valence-corrected chi connectivity index (χ2v) is 6.15. The zero-order valence-corrected chi connectivity index (χ0v) is 10.9. The van der Waals surface area contributed by atoms with E-state index in [1.807, 2.05) is 0 Å². The number of rotatable bonds is 3. The van der Waals surface area contributed by atoms with Crippen LogP contribution in [0.3, 0.4) is 0 Å². The molecule has 0 fully saturated rings. The first-order valence-electron chi connectivity index (χ1n) is 5.51. The fourth-order valence-electron chi connectivity index (χ4n) is 1.69. The van der Waals surface area contributed by atoms with Gasteiger partial charge in [-0.25, -0.2) is 21.6 Å². The normalized spacial score (nSPS) is 11.6. The Morgan fingerprint density at radius 1 is 0.950 bits per heavy atom. The summed E-state index contributed by atoms with van der Waals surface area (Å²) >= 11 is 0. The number of benzene rings is 2. The second-order valence-electron chi connectivity index (χ2n) is 4.19. The van der Waals surface area contributed by atoms with E-state index in [1.54, 1.807) is 0 Å². The number of sulfone groups is 1. The molecule has 0 unspecified atom stereocenters. The highest BCUT2D eigenvalue weighted by molar-refractivity contribution is 7.90. The van der Waals surface area contributed by atoms with Crippen LogP contribution >= 0.6 is 0 Å². The summed E-state index contributed by atoms with van der Waals surface area (Å²) in [5.74, 6) is -3.41. The third-order valence-corrected chi connectivity index (χ3v) is 4.37. The van der Waals surface area contributed by atoms with E-state index in [0.29, 0.717) is 6.07 Å². The molecule has 2 aromatic rings. The van der Waals surface area contributed by atoms with Crippen molar-refractivity contribution in [1.29, 1.82) is 0 Å². The molecular weight excluding hydrogens is 291 g/mol. The Kier molecular flexibility index (Phi) is 3.71. The molecule has 7 heteroatoms. The fourth-order valence-corrected chi connectivity index (χ4v) is 3.09. The first-order chi connectivity index (χ1) is 9.29. The van der Waals surface area contributed by atoms with Crippen molar-refractivity contribution in [1.82, 2.24) is 0 Å². The lowest BCUT2D eigenvalue weighted by molar-refractivity contribution is 0.548. The Balaban J connectivity index is 2.38. The number of anilines is 1. The van der Waals surface area contributed by atoms with Crippen molar-refractivity contribution in [3.05, 3.63) is 59.4 Å². The standard InChI is InChI=1S/C13H10F3NO2S/c14-9-2-4-13(11(16)6-9)20(18,19)7-8-1-3-12(17)10(15)5-8/h1-6H,7,17H2. The predicted molar refractivity (Wildman–Crippen MR) is 68.1 cm³/mol. The van der Waals surface area contributed by atoms with Gasteiger partial charge in [0.15, 0.2) is 9.84 Å². The molecule has 106 valence electrons. The summed E-state index contributed by atoms with van der Waals surface area (Å²) in [6, 6.07) is 5.69. The van der Waals surface area contributed by atoms with Crippen LogP contribution in [0, 0.1) is 17.5 Å². The highest BCUT2D eigenvalue weighted by atomic mass is 32.2. The van der Waals surface area contributed by atoms with Gasteiger partial charge in [0, 0.05) is 6.07 Å². The highest BCUT2D eigenvalue weighted by Crippen LogP contribution is 2.22. The first kappa shape index (κ1) is 14.4. The van der Waals surface area contributed by atoms with Crippen LogP contribution in [0.4, 0.5) is 18.9 Å². The van der Waals surface area contributed by atoms with Crippen molar-refractivity contribution in [2.24, 2.45) is 0 Å². The van der Waals surface area contributed by atoms with Crippen molar-refractivity contribution >= 4 is 15.5 Å². The molecule has 0 saturated carbocycles. The quantitative estimate of drug-likeness (QED) is 0.700. The molecule has 2 N–H and O–H groups in total. The molecule has 3 nitrogen and oxygen atoms in total. The molecule has 2 aromatic carbocycles. The molecule has 20 heavy (non-hydrogen) atoms. The molecule has 0 aliphatic carbocycles. The Labute approximate surface area is 113 Å². The van der Waals surface area contributed by atoms with Gasteiger partial charge in [0.25, 0.3) is 0 Å². The van der Waals surface area contributed by atoms with Crippen LogP contribution in [-0.2, 0) is 15.6 Å². The molecule has 0 saturated heterocycles. The lowest BCUT2D eigenvalue weighted by Crippen LogP contribution is -2.08. The fraction of sp³-hybridized carbons (Fsp3) is 0.0769. The largest absolute Gasteiger partial charge is 0.396 e. The van der Waals surface area contributed by atoms with E-state index < -0.39 is 37.9 Å². The monoisotopic (exact) mass is 301 g/mol. The van der Waals surface area contributed by atoms with Crippen molar-refractivity contribution in [3.63, 3.8) is 0 Å². The van der Waals surface area contributed by atoms with Crippen LogP contribution in [0.25, 0.3) is 0 Å². The van der Waals surface area contributed by atoms with E-state index >= 15 is 0 Å². The van der Waals surface area contributed by atoms with Gasteiger partial charge >= 0.3 is 0 Å². The smallest absolute Gasteiger partial charge is 0.185 e. The van der Waals surface area contributed by atoms with E-state index in [9.17, 15) is 21.6 Å². The Morgan fingerprint density at radius 2 is 1.65 bits per heavy atom. The minimum absolute atomic E-state index is 0.112. The summed E-state index contributed by atoms with van der Waals surface area (Å²) < 4.78 is 63.5. The molecule has 0 atom stereocenters. The zero-order valence-electron chi connectivity index (χ0n) is 10.1. The summed E-state index contributed by atoms with van der Waals surface area (Å²) in [6.45, 7) is 0. The second kappa shape index (κ2) is 5.16. The summed E-state index contributed by atoms with van der Waals surface area (Å²) in [5, 5.41) is 0. The first-order valence-corrected chi connectivity index (χ1v) is 7.16. The van der Waals surface area contributed by atoms with Gasteiger partial charge in [-0.1, -0.05) is 6.07 Å². The van der Waals surface area contributed by atoms with Gasteiger partial charge in [0.05, 0.1) is 11.4 Å². The van der Waals surface area contributed by atoms with Gasteiger partial charge in [-0.3, -0.25) is 0 Å². The maximum absolute atomic E-state index is 13.5. The predicted octanol–water partition coefficient (Wildman–Crippen LogP) is 2.66. The number of halogens is 3. The van der Waals surface area contributed by atoms with E-state index in [1.165, 1.54) is 12.1 Å². The van der Waals surface area contributed by atoms with Crippen molar-refractivity contribution < 1.29 is 21.6 Å². The van der Waals surface area contributed by atoms with Crippen LogP contribution in [-0.4, -0.2) is 8.42 Å². The van der Waals surface area contributed by atoms with Gasteiger partial charge < -0.3 is 5.73 Å². The minimum Gasteiger partial charge on any atom is -0.396 e. The van der Waals surface area contributed by atoms with Gasteiger partial charge in [-0.05, 0) is 29.8 Å². The number of nitrogen functional groups attached to an aromatic ring is 1. The van der Waals surface area contributed by atoms with Crippen LogP contribution in [0.1, 0.15) is 5.56 Å². The highest BCUT2D eigenvalue weighted by Gasteiger charge is 2.20. The van der Waals surface area contributed by atoms with Crippen LogP contribution < -0.4 is 5.73 Å². The molecule has 0 aromatic heterocycles. The number of nitrogens with two attached hydrogens (primary N) is 1. The van der Waals surface area contributed by atoms with Crippen molar-refractivity contribution in [3.8, 4) is 0 Å². The van der Waals surface area contributed by atoms with Crippen LogP contribution in [0.2, 0.25) is 0 Å². The average molecular weight is 301 g/mol. The molecule has 0 spiro atoms. The maximum Gasteiger partial charge on any atom is 0.185 e. The number of hydrogen-bond acceptors (Lipinski definition) is 3. The number of hydrogen-bond donors (Lipinski definition) is 1. The molecule has 2 rings (SSSR count). The van der Waals surface area contributed by atoms with Crippen LogP contribution in [0.5, 0.6) is 0 Å². The molecule has 0 heterocycles. The SMILES string of the molecule is Nc1ccc(CS(=O)(=O)c2ccc(F)cc2F)cc1F. The molecular formula is C13H10F3NO2S. The Morgan fingerprint density at radius 3 is 2.25 bits per heavy atom. The van der Waals surface area contributed by atoms with E-state index in [4.69, 9.17) is 5.73 Å². The lowest BCUT2D eigenvalue weighted by atomic mass is 10.2. The molecule has 0 bridgehead atoms. The van der Waals surface area contributed by atoms with Gasteiger partial charge in [-0.15, -0.1) is 0 Å². The summed E-state index contributed by atoms with van der Waals surface area (Å²) in [5.41, 5.74) is 5.29. The Bertz CT molecular complexity index is 760. The van der Waals surface area contributed by atoms with Gasteiger partial charge in [-0.2, -0.15) is 0 Å². The van der Waals surface area contributed by atoms with Crippen LogP contribution in [0.15, 0.2) is 41.3 Å². The average Bonchev–Trinajstić information content (AvgIpc) is 2.33. The van der Waals surface area contributed by atoms with E-state index in [0.717, 1.165) is 18.2 Å². The van der Waals surface area contributed by atoms with E-state index in [2.05, 4.69) is 0 Å². The lowest BCUT2D eigenvalue weighted by Gasteiger charge is -2.07. The molecule has 0 radical (unpaired) electrons. The van der Waals surface area contributed by atoms with Gasteiger partial charge in [0.1, 0.15) is 22.3 Å². The third kappa shape index (κ3) is 2.93. The summed E-state index contributed by atoms with van der Waals surface area (Å²) in [6.07, 6.45) is 0. The van der Waals surface area contributed by atoms with Crippen molar-refractivity contribution in [2.45, 2.75) is 10.6 Å². The summed E-state index contributed by atoms with van der Waals surface area (Å²) in [7, 11) is -4.04. The zero-order chi connectivity index (χ0) is 14.9. The van der Waals surface area contributed by atoms with Crippen molar-refractivity contribution in [2.75, 3.05) is 5.73 Å². The van der Waals surface area contributed by atoms with E-state index in [-0.39, 0.29) is 11.3 Å². The molecule has 0 amide bonds. The third-order valence-electron chi connectivity index (χ3n) is 2.65. The minimum atomic E-state index is -4.04. The Hall–Kier alpha value is -2.02. The molecule has 0 aliphatic rings.